The lowest BCUT2D eigenvalue weighted by atomic mass is 10.1. The summed E-state index contributed by atoms with van der Waals surface area (Å²) in [5.74, 6) is -0.584. The Hall–Kier alpha value is -3.95. The molecule has 144 valence electrons. The van der Waals surface area contributed by atoms with Crippen molar-refractivity contribution in [3.63, 3.8) is 0 Å². The number of aromatic nitrogens is 3. The SMILES string of the molecule is COc1cnc(C(=O)Nc2ccc(F)c(CNc3cccnc3N)c2)c(N)n1. The molecule has 3 rings (SSSR count). The molecule has 1 amide bonds. The summed E-state index contributed by atoms with van der Waals surface area (Å²) in [6.07, 6.45) is 2.84. The van der Waals surface area contributed by atoms with E-state index in [4.69, 9.17) is 16.2 Å². The van der Waals surface area contributed by atoms with Gasteiger partial charge in [-0.2, -0.15) is 4.98 Å². The third kappa shape index (κ3) is 4.23. The smallest absolute Gasteiger partial charge is 0.278 e. The molecule has 6 N–H and O–H groups in total. The molecule has 0 saturated carbocycles. The average Bonchev–Trinajstić information content (AvgIpc) is 2.69. The largest absolute Gasteiger partial charge is 0.480 e. The molecular formula is C18H18FN7O2. The molecule has 1 aromatic carbocycles. The van der Waals surface area contributed by atoms with Crippen molar-refractivity contribution in [2.45, 2.75) is 6.54 Å². The van der Waals surface area contributed by atoms with Crippen molar-refractivity contribution >= 4 is 28.9 Å². The molecule has 0 aliphatic carbocycles. The molecule has 3 aromatic rings. The van der Waals surface area contributed by atoms with Crippen LogP contribution in [0, 0.1) is 5.82 Å². The highest BCUT2D eigenvalue weighted by Gasteiger charge is 2.15. The molecule has 0 spiro atoms. The van der Waals surface area contributed by atoms with Gasteiger partial charge in [-0.1, -0.05) is 0 Å². The van der Waals surface area contributed by atoms with Crippen molar-refractivity contribution < 1.29 is 13.9 Å². The summed E-state index contributed by atoms with van der Waals surface area (Å²) < 4.78 is 19.0. The highest BCUT2D eigenvalue weighted by atomic mass is 19.1. The minimum atomic E-state index is -0.574. The number of halogens is 1. The molecule has 10 heteroatoms. The summed E-state index contributed by atoms with van der Waals surface area (Å²) in [5.41, 5.74) is 12.7. The van der Waals surface area contributed by atoms with E-state index in [9.17, 15) is 9.18 Å². The first kappa shape index (κ1) is 18.8. The number of methoxy groups -OCH3 is 1. The van der Waals surface area contributed by atoms with Crippen LogP contribution in [0.2, 0.25) is 0 Å². The lowest BCUT2D eigenvalue weighted by molar-refractivity contribution is 0.102. The second-order valence-electron chi connectivity index (χ2n) is 5.70. The Kier molecular flexibility index (Phi) is 5.49. The normalized spacial score (nSPS) is 10.4. The van der Waals surface area contributed by atoms with Crippen LogP contribution in [0.15, 0.2) is 42.7 Å². The molecule has 0 fully saturated rings. The summed E-state index contributed by atoms with van der Waals surface area (Å²) in [6, 6.07) is 7.63. The van der Waals surface area contributed by atoms with Crippen LogP contribution in [0.3, 0.4) is 0 Å². The van der Waals surface area contributed by atoms with Crippen LogP contribution in [0.4, 0.5) is 27.4 Å². The Bertz CT molecular complexity index is 1010. The standard InChI is InChI=1S/C18H18FN7O2/c1-28-14-9-24-15(17(21)26-14)18(27)25-11-4-5-12(19)10(7-11)8-23-13-3-2-6-22-16(13)20/h2-7,9,23H,8H2,1H3,(H2,20,22)(H2,21,26)(H,25,27). The monoisotopic (exact) mass is 383 g/mol. The second kappa shape index (κ2) is 8.16. The summed E-state index contributed by atoms with van der Waals surface area (Å²) in [7, 11) is 1.41. The second-order valence-corrected chi connectivity index (χ2v) is 5.70. The maximum absolute atomic E-state index is 14.1. The number of nitrogens with two attached hydrogens (primary N) is 2. The first-order valence-corrected chi connectivity index (χ1v) is 8.18. The Labute approximate surface area is 160 Å². The molecule has 0 radical (unpaired) electrons. The maximum Gasteiger partial charge on any atom is 0.278 e. The number of anilines is 4. The van der Waals surface area contributed by atoms with Crippen LogP contribution in [0.25, 0.3) is 0 Å². The van der Waals surface area contributed by atoms with Gasteiger partial charge in [0.05, 0.1) is 19.0 Å². The van der Waals surface area contributed by atoms with Gasteiger partial charge in [-0.15, -0.1) is 0 Å². The number of nitrogens with one attached hydrogen (secondary N) is 2. The molecule has 0 saturated heterocycles. The van der Waals surface area contributed by atoms with Crippen molar-refractivity contribution in [2.75, 3.05) is 29.2 Å². The predicted molar refractivity (Wildman–Crippen MR) is 103 cm³/mol. The van der Waals surface area contributed by atoms with E-state index < -0.39 is 11.7 Å². The number of nitrogen functional groups attached to an aromatic ring is 2. The van der Waals surface area contributed by atoms with Gasteiger partial charge in [0.1, 0.15) is 11.6 Å². The van der Waals surface area contributed by atoms with Gasteiger partial charge in [-0.05, 0) is 30.3 Å². The number of amides is 1. The third-order valence-corrected chi connectivity index (χ3v) is 3.81. The zero-order valence-electron chi connectivity index (χ0n) is 14.9. The molecule has 0 aliphatic rings. The van der Waals surface area contributed by atoms with Crippen LogP contribution in [0.1, 0.15) is 16.1 Å². The number of rotatable bonds is 6. The molecule has 2 heterocycles. The first-order valence-electron chi connectivity index (χ1n) is 8.18. The molecule has 9 nitrogen and oxygen atoms in total. The van der Waals surface area contributed by atoms with Crippen LogP contribution < -0.4 is 26.8 Å². The molecule has 0 unspecified atom stereocenters. The minimum absolute atomic E-state index is 0.0621. The fourth-order valence-electron chi connectivity index (χ4n) is 2.40. The molecular weight excluding hydrogens is 365 g/mol. The van der Waals surface area contributed by atoms with Crippen LogP contribution in [0.5, 0.6) is 5.88 Å². The molecule has 2 aromatic heterocycles. The summed E-state index contributed by atoms with van der Waals surface area (Å²) in [4.78, 5) is 24.2. The van der Waals surface area contributed by atoms with Gasteiger partial charge in [0.25, 0.3) is 5.91 Å². The zero-order valence-corrected chi connectivity index (χ0v) is 14.9. The van der Waals surface area contributed by atoms with Crippen LogP contribution in [-0.4, -0.2) is 28.0 Å². The summed E-state index contributed by atoms with van der Waals surface area (Å²) in [5, 5.41) is 5.63. The van der Waals surface area contributed by atoms with Crippen molar-refractivity contribution in [1.29, 1.82) is 0 Å². The molecule has 0 bridgehead atoms. The van der Waals surface area contributed by atoms with Gasteiger partial charge in [0, 0.05) is 24.0 Å². The minimum Gasteiger partial charge on any atom is -0.480 e. The first-order chi connectivity index (χ1) is 13.5. The zero-order chi connectivity index (χ0) is 20.1. The van der Waals surface area contributed by atoms with E-state index in [0.717, 1.165) is 0 Å². The van der Waals surface area contributed by atoms with E-state index in [2.05, 4.69) is 25.6 Å². The fourth-order valence-corrected chi connectivity index (χ4v) is 2.40. The van der Waals surface area contributed by atoms with E-state index >= 15 is 0 Å². The highest BCUT2D eigenvalue weighted by Crippen LogP contribution is 2.20. The quantitative estimate of drug-likeness (QED) is 0.507. The number of hydrogen-bond acceptors (Lipinski definition) is 8. The molecule has 0 atom stereocenters. The predicted octanol–water partition coefficient (Wildman–Crippen LogP) is 2.05. The van der Waals surface area contributed by atoms with E-state index in [-0.39, 0.29) is 23.9 Å². The lowest BCUT2D eigenvalue weighted by Gasteiger charge is -2.11. The van der Waals surface area contributed by atoms with Crippen molar-refractivity contribution in [2.24, 2.45) is 0 Å². The van der Waals surface area contributed by atoms with Crippen molar-refractivity contribution in [3.05, 3.63) is 59.8 Å². The van der Waals surface area contributed by atoms with Gasteiger partial charge >= 0.3 is 0 Å². The van der Waals surface area contributed by atoms with Gasteiger partial charge in [0.15, 0.2) is 11.5 Å². The van der Waals surface area contributed by atoms with E-state index in [1.807, 2.05) is 0 Å². The van der Waals surface area contributed by atoms with E-state index in [1.54, 1.807) is 18.3 Å². The lowest BCUT2D eigenvalue weighted by Crippen LogP contribution is -2.17. The van der Waals surface area contributed by atoms with Gasteiger partial charge in [-0.3, -0.25) is 4.79 Å². The summed E-state index contributed by atoms with van der Waals surface area (Å²) in [6.45, 7) is 0.149. The number of hydrogen-bond donors (Lipinski definition) is 4. The Morgan fingerprint density at radius 3 is 2.75 bits per heavy atom. The number of pyridine rings is 1. The van der Waals surface area contributed by atoms with E-state index in [0.29, 0.717) is 22.8 Å². The van der Waals surface area contributed by atoms with Gasteiger partial charge < -0.3 is 26.8 Å². The average molecular weight is 383 g/mol. The molecule has 0 aliphatic heterocycles. The van der Waals surface area contributed by atoms with Crippen molar-refractivity contribution in [1.82, 2.24) is 15.0 Å². The highest BCUT2D eigenvalue weighted by molar-refractivity contribution is 6.05. The topological polar surface area (TPSA) is 141 Å². The summed E-state index contributed by atoms with van der Waals surface area (Å²) >= 11 is 0. The number of carbonyl (C=O) groups excluding carboxylic acids is 1. The van der Waals surface area contributed by atoms with Crippen molar-refractivity contribution in [3.8, 4) is 5.88 Å². The van der Waals surface area contributed by atoms with Crippen LogP contribution in [-0.2, 0) is 6.54 Å². The Balaban J connectivity index is 1.74. The van der Waals surface area contributed by atoms with Gasteiger partial charge in [-0.25, -0.2) is 14.4 Å². The maximum atomic E-state index is 14.1. The Morgan fingerprint density at radius 1 is 1.21 bits per heavy atom. The Morgan fingerprint density at radius 2 is 2.04 bits per heavy atom. The number of nitrogens with zero attached hydrogens (tertiary/aromatic N) is 3. The fraction of sp³-hybridized carbons (Fsp3) is 0.111. The van der Waals surface area contributed by atoms with Gasteiger partial charge in [0.2, 0.25) is 5.88 Å². The number of carbonyl (C=O) groups is 1. The molecule has 28 heavy (non-hydrogen) atoms. The third-order valence-electron chi connectivity index (χ3n) is 3.81. The number of ether oxygens (including phenoxy) is 1. The van der Waals surface area contributed by atoms with Crippen LogP contribution >= 0.6 is 0 Å². The number of benzene rings is 1. The van der Waals surface area contributed by atoms with E-state index in [1.165, 1.54) is 31.5 Å².